The van der Waals surface area contributed by atoms with Crippen LogP contribution in [0, 0.1) is 15.9 Å². The first-order valence-corrected chi connectivity index (χ1v) is 11.3. The van der Waals surface area contributed by atoms with E-state index < -0.39 is 40.8 Å². The minimum absolute atomic E-state index is 0.0714. The van der Waals surface area contributed by atoms with E-state index in [4.69, 9.17) is 9.47 Å². The van der Waals surface area contributed by atoms with Gasteiger partial charge in [0.05, 0.1) is 17.2 Å². The van der Waals surface area contributed by atoms with E-state index in [9.17, 15) is 28.9 Å². The minimum atomic E-state index is -0.739. The number of nitro benzene ring substituents is 1. The van der Waals surface area contributed by atoms with Crippen LogP contribution in [-0.2, 0) is 14.4 Å². The third-order valence-corrected chi connectivity index (χ3v) is 5.23. The number of nitrogens with zero attached hydrogens (tertiary/aromatic N) is 2. The first-order chi connectivity index (χ1) is 18.3. The Labute approximate surface area is 215 Å². The zero-order valence-corrected chi connectivity index (χ0v) is 20.0. The van der Waals surface area contributed by atoms with Crippen LogP contribution in [0.1, 0.15) is 12.5 Å². The van der Waals surface area contributed by atoms with E-state index in [1.807, 2.05) is 0 Å². The van der Waals surface area contributed by atoms with Gasteiger partial charge in [0.25, 0.3) is 17.7 Å². The maximum atomic E-state index is 13.4. The summed E-state index contributed by atoms with van der Waals surface area (Å²) in [5, 5.41) is 15.4. The van der Waals surface area contributed by atoms with Crippen LogP contribution in [0.15, 0.2) is 72.3 Å². The first-order valence-electron chi connectivity index (χ1n) is 11.3. The normalized spacial score (nSPS) is 13.8. The molecule has 1 fully saturated rings. The molecule has 3 amide bonds. The molecule has 0 unspecified atom stereocenters. The number of nitro groups is 1. The van der Waals surface area contributed by atoms with Gasteiger partial charge in [-0.15, -0.1) is 0 Å². The van der Waals surface area contributed by atoms with Gasteiger partial charge in [0, 0.05) is 11.8 Å². The molecule has 0 bridgehead atoms. The summed E-state index contributed by atoms with van der Waals surface area (Å²) in [6.45, 7) is 1.11. The van der Waals surface area contributed by atoms with Crippen molar-refractivity contribution in [1.29, 1.82) is 0 Å². The molecule has 1 aliphatic rings. The van der Waals surface area contributed by atoms with Crippen LogP contribution in [0.5, 0.6) is 11.5 Å². The number of anilines is 2. The lowest BCUT2D eigenvalue weighted by molar-refractivity contribution is -0.385. The number of ether oxygens (including phenoxy) is 2. The molecule has 0 atom stereocenters. The number of halogens is 1. The van der Waals surface area contributed by atoms with Gasteiger partial charge >= 0.3 is 5.69 Å². The van der Waals surface area contributed by atoms with Gasteiger partial charge in [-0.05, 0) is 55.0 Å². The summed E-state index contributed by atoms with van der Waals surface area (Å²) in [7, 11) is 0. The van der Waals surface area contributed by atoms with Crippen molar-refractivity contribution in [2.75, 3.05) is 23.5 Å². The molecule has 194 valence electrons. The van der Waals surface area contributed by atoms with Crippen LogP contribution in [0.3, 0.4) is 0 Å². The second-order valence-corrected chi connectivity index (χ2v) is 7.88. The van der Waals surface area contributed by atoms with Crippen LogP contribution >= 0.6 is 0 Å². The number of rotatable bonds is 9. The van der Waals surface area contributed by atoms with E-state index in [-0.39, 0.29) is 34.9 Å². The van der Waals surface area contributed by atoms with Crippen molar-refractivity contribution < 1.29 is 33.2 Å². The van der Waals surface area contributed by atoms with E-state index in [1.165, 1.54) is 30.3 Å². The lowest BCUT2D eigenvalue weighted by Crippen LogP contribution is -2.35. The summed E-state index contributed by atoms with van der Waals surface area (Å²) in [4.78, 5) is 48.8. The SMILES string of the molecule is CCOc1cc(/C=C2/C(=O)NN(c3ccccc3)C2=O)cc([N+](=O)[O-])c1OCC(=O)Nc1cccc(F)c1. The van der Waals surface area contributed by atoms with E-state index in [1.54, 1.807) is 37.3 Å². The highest BCUT2D eigenvalue weighted by molar-refractivity contribution is 6.31. The molecule has 0 saturated carbocycles. The van der Waals surface area contributed by atoms with Crippen molar-refractivity contribution in [3.63, 3.8) is 0 Å². The van der Waals surface area contributed by atoms with Gasteiger partial charge in [-0.25, -0.2) is 9.40 Å². The van der Waals surface area contributed by atoms with Gasteiger partial charge in [0.15, 0.2) is 12.4 Å². The van der Waals surface area contributed by atoms with Gasteiger partial charge in [-0.2, -0.15) is 0 Å². The first kappa shape index (κ1) is 25.8. The van der Waals surface area contributed by atoms with Crippen LogP contribution in [0.2, 0.25) is 0 Å². The average Bonchev–Trinajstić information content (AvgIpc) is 3.17. The van der Waals surface area contributed by atoms with E-state index in [2.05, 4.69) is 10.7 Å². The smallest absolute Gasteiger partial charge is 0.315 e. The molecule has 0 spiro atoms. The Kier molecular flexibility index (Phi) is 7.61. The predicted octanol–water partition coefficient (Wildman–Crippen LogP) is 3.61. The second kappa shape index (κ2) is 11.2. The monoisotopic (exact) mass is 520 g/mol. The second-order valence-electron chi connectivity index (χ2n) is 7.88. The van der Waals surface area contributed by atoms with Gasteiger partial charge in [0.1, 0.15) is 11.4 Å². The van der Waals surface area contributed by atoms with Gasteiger partial charge in [-0.1, -0.05) is 24.3 Å². The number of carbonyl (C=O) groups is 3. The number of hydrogen-bond donors (Lipinski definition) is 2. The summed E-state index contributed by atoms with van der Waals surface area (Å²) in [5.74, 6) is -2.96. The highest BCUT2D eigenvalue weighted by Gasteiger charge is 2.35. The number of carbonyl (C=O) groups excluding carboxylic acids is 3. The molecule has 0 aromatic heterocycles. The maximum Gasteiger partial charge on any atom is 0.315 e. The molecule has 4 rings (SSSR count). The van der Waals surface area contributed by atoms with Crippen molar-refractivity contribution in [3.8, 4) is 11.5 Å². The van der Waals surface area contributed by atoms with Crippen molar-refractivity contribution in [2.45, 2.75) is 6.92 Å². The number of amides is 3. The van der Waals surface area contributed by atoms with Gasteiger partial charge in [-0.3, -0.25) is 29.9 Å². The molecular formula is C26H21FN4O7. The summed E-state index contributed by atoms with van der Waals surface area (Å²) in [6, 6.07) is 16.1. The Morgan fingerprint density at radius 3 is 2.55 bits per heavy atom. The van der Waals surface area contributed by atoms with Crippen molar-refractivity contribution in [1.82, 2.24) is 5.43 Å². The maximum absolute atomic E-state index is 13.4. The zero-order chi connectivity index (χ0) is 27.2. The fourth-order valence-corrected chi connectivity index (χ4v) is 3.62. The molecule has 0 radical (unpaired) electrons. The van der Waals surface area contributed by atoms with E-state index in [0.717, 1.165) is 17.1 Å². The fraction of sp³-hybridized carbons (Fsp3) is 0.115. The Hall–Kier alpha value is -5.26. The highest BCUT2D eigenvalue weighted by atomic mass is 19.1. The molecule has 1 aliphatic heterocycles. The third-order valence-electron chi connectivity index (χ3n) is 5.23. The van der Waals surface area contributed by atoms with Gasteiger partial charge < -0.3 is 14.8 Å². The number of para-hydroxylation sites is 1. The van der Waals surface area contributed by atoms with Crippen molar-refractivity contribution in [2.24, 2.45) is 0 Å². The molecule has 3 aromatic carbocycles. The number of hydrogen-bond acceptors (Lipinski definition) is 7. The minimum Gasteiger partial charge on any atom is -0.490 e. The molecular weight excluding hydrogens is 499 g/mol. The summed E-state index contributed by atoms with van der Waals surface area (Å²) >= 11 is 0. The average molecular weight is 520 g/mol. The Bertz CT molecular complexity index is 1440. The largest absolute Gasteiger partial charge is 0.490 e. The van der Waals surface area contributed by atoms with Crippen LogP contribution in [0.4, 0.5) is 21.5 Å². The third kappa shape index (κ3) is 5.75. The van der Waals surface area contributed by atoms with E-state index >= 15 is 0 Å². The molecule has 3 aromatic rings. The van der Waals surface area contributed by atoms with Crippen molar-refractivity contribution >= 4 is 40.9 Å². The summed E-state index contributed by atoms with van der Waals surface area (Å²) < 4.78 is 24.3. The van der Waals surface area contributed by atoms with Crippen LogP contribution < -0.4 is 25.2 Å². The Morgan fingerprint density at radius 2 is 1.87 bits per heavy atom. The fourth-order valence-electron chi connectivity index (χ4n) is 3.62. The summed E-state index contributed by atoms with van der Waals surface area (Å²) in [6.07, 6.45) is 1.20. The number of nitrogens with one attached hydrogen (secondary N) is 2. The lowest BCUT2D eigenvalue weighted by atomic mass is 10.1. The molecule has 12 heteroatoms. The molecule has 0 aliphatic carbocycles. The van der Waals surface area contributed by atoms with Gasteiger partial charge in [0.2, 0.25) is 5.75 Å². The van der Waals surface area contributed by atoms with Crippen LogP contribution in [-0.4, -0.2) is 35.9 Å². The molecule has 1 heterocycles. The standard InChI is InChI=1S/C26H21FN4O7/c1-2-37-22-13-16(11-20-25(33)29-30(26(20)34)19-9-4-3-5-10-19)12-21(31(35)36)24(22)38-15-23(32)28-18-8-6-7-17(27)14-18/h3-14H,2,15H2,1H3,(H,28,32)(H,29,33)/b20-11-. The molecule has 38 heavy (non-hydrogen) atoms. The van der Waals surface area contributed by atoms with Crippen molar-refractivity contribution in [3.05, 3.63) is 93.8 Å². The molecule has 1 saturated heterocycles. The van der Waals surface area contributed by atoms with E-state index in [0.29, 0.717) is 5.69 Å². The highest BCUT2D eigenvalue weighted by Crippen LogP contribution is 2.39. The number of benzene rings is 3. The molecule has 11 nitrogen and oxygen atoms in total. The van der Waals surface area contributed by atoms with Crippen LogP contribution in [0.25, 0.3) is 6.08 Å². The Morgan fingerprint density at radius 1 is 1.11 bits per heavy atom. The quantitative estimate of drug-likeness (QED) is 0.190. The Balaban J connectivity index is 1.61. The zero-order valence-electron chi connectivity index (χ0n) is 20.0. The predicted molar refractivity (Wildman–Crippen MR) is 135 cm³/mol. The summed E-state index contributed by atoms with van der Waals surface area (Å²) in [5.41, 5.74) is 2.42. The topological polar surface area (TPSA) is 140 Å². The molecule has 2 N–H and O–H groups in total. The lowest BCUT2D eigenvalue weighted by Gasteiger charge is -2.14. The number of hydrazine groups is 1.